The van der Waals surface area contributed by atoms with E-state index in [1.165, 1.54) is 29.3 Å². The van der Waals surface area contributed by atoms with Crippen LogP contribution < -0.4 is 5.69 Å². The summed E-state index contributed by atoms with van der Waals surface area (Å²) < 4.78 is 29.9. The zero-order valence-electron chi connectivity index (χ0n) is 18.2. The lowest BCUT2D eigenvalue weighted by Crippen LogP contribution is -2.49. The monoisotopic (exact) mass is 457 g/mol. The molecule has 0 atom stereocenters. The van der Waals surface area contributed by atoms with Gasteiger partial charge in [-0.2, -0.15) is 4.31 Å². The minimum absolute atomic E-state index is 0.0863. The number of hydrogen-bond donors (Lipinski definition) is 2. The van der Waals surface area contributed by atoms with Gasteiger partial charge in [-0.15, -0.1) is 0 Å². The summed E-state index contributed by atoms with van der Waals surface area (Å²) in [5.74, 6) is 0.0863. The Labute approximate surface area is 186 Å². The molecule has 0 unspecified atom stereocenters. The van der Waals surface area contributed by atoms with Gasteiger partial charge in [0.25, 0.3) is 0 Å². The summed E-state index contributed by atoms with van der Waals surface area (Å²) in [4.78, 5) is 31.8. The Morgan fingerprint density at radius 3 is 2.41 bits per heavy atom. The largest absolute Gasteiger partial charge is 0.345 e. The lowest BCUT2D eigenvalue weighted by molar-refractivity contribution is 0.0901. The molecule has 0 bridgehead atoms. The van der Waals surface area contributed by atoms with Crippen LogP contribution in [-0.4, -0.2) is 70.7 Å². The van der Waals surface area contributed by atoms with Crippen molar-refractivity contribution < 1.29 is 13.2 Å². The Morgan fingerprint density at radius 2 is 1.72 bits per heavy atom. The average Bonchev–Trinajstić information content (AvgIpc) is 3.44. The molecule has 1 saturated carbocycles. The molecule has 1 aliphatic carbocycles. The number of piperazine rings is 1. The summed E-state index contributed by atoms with van der Waals surface area (Å²) in [7, 11) is -3.68. The van der Waals surface area contributed by atoms with Crippen molar-refractivity contribution in [2.24, 2.45) is 0 Å². The first-order valence-corrected chi connectivity index (χ1v) is 12.3. The lowest BCUT2D eigenvalue weighted by Gasteiger charge is -2.33. The number of H-pyrrole nitrogens is 2. The molecule has 3 heterocycles. The number of hydrogen-bond acceptors (Lipinski definition) is 5. The van der Waals surface area contributed by atoms with E-state index in [1.807, 2.05) is 24.8 Å². The molecule has 0 amide bonds. The van der Waals surface area contributed by atoms with Crippen molar-refractivity contribution in [2.45, 2.75) is 37.6 Å². The number of Topliss-reactive ketones (excluding diaryl/α,β-unsaturated/α-hetero) is 1. The zero-order chi connectivity index (χ0) is 22.6. The third-order valence-electron chi connectivity index (χ3n) is 6.52. The highest BCUT2D eigenvalue weighted by molar-refractivity contribution is 7.89. The number of nitrogens with zero attached hydrogens (tertiary/aromatic N) is 3. The number of carbonyl (C=O) groups excluding carboxylic acids is 1. The fourth-order valence-electron chi connectivity index (χ4n) is 4.69. The highest BCUT2D eigenvalue weighted by Crippen LogP contribution is 2.38. The van der Waals surface area contributed by atoms with E-state index in [0.29, 0.717) is 49.8 Å². The molecule has 3 aromatic rings. The quantitative estimate of drug-likeness (QED) is 0.549. The zero-order valence-corrected chi connectivity index (χ0v) is 19.0. The van der Waals surface area contributed by atoms with E-state index in [0.717, 1.165) is 17.0 Å². The van der Waals surface area contributed by atoms with Gasteiger partial charge in [0.15, 0.2) is 5.78 Å². The van der Waals surface area contributed by atoms with Gasteiger partial charge >= 0.3 is 5.69 Å². The summed E-state index contributed by atoms with van der Waals surface area (Å²) in [5, 5.41) is 0. The third-order valence-corrected chi connectivity index (χ3v) is 8.42. The number of aromatic amines is 2. The molecule has 2 aromatic heterocycles. The van der Waals surface area contributed by atoms with Crippen molar-refractivity contribution >= 4 is 26.8 Å². The molecular formula is C22H27N5O4S. The summed E-state index contributed by atoms with van der Waals surface area (Å²) in [6.45, 7) is 5.98. The molecule has 0 radical (unpaired) electrons. The standard InChI is InChI=1S/C22H27N5O4S/c1-14-11-18(15(2)27(14)16-3-4-16)21(28)13-25-7-9-26(10-8-25)32(30,31)17-5-6-19-20(12-17)24-22(29)23-19/h5-6,11-12,16H,3-4,7-10,13H2,1-2H3,(H2,23,24,29). The molecule has 170 valence electrons. The molecule has 2 aliphatic rings. The van der Waals surface area contributed by atoms with E-state index >= 15 is 0 Å². The summed E-state index contributed by atoms with van der Waals surface area (Å²) in [6, 6.07) is 7.10. The van der Waals surface area contributed by atoms with E-state index in [9.17, 15) is 18.0 Å². The van der Waals surface area contributed by atoms with Gasteiger partial charge in [0.05, 0.1) is 22.5 Å². The minimum atomic E-state index is -3.68. The number of carbonyl (C=O) groups is 1. The number of imidazole rings is 1. The highest BCUT2D eigenvalue weighted by Gasteiger charge is 2.31. The number of nitrogens with one attached hydrogen (secondary N) is 2. The predicted octanol–water partition coefficient (Wildman–Crippen LogP) is 1.80. The van der Waals surface area contributed by atoms with Gasteiger partial charge in [-0.25, -0.2) is 13.2 Å². The number of aryl methyl sites for hydroxylation is 1. The number of aromatic nitrogens is 3. The van der Waals surface area contributed by atoms with Gasteiger partial charge in [0, 0.05) is 49.2 Å². The second-order valence-corrected chi connectivity index (χ2v) is 10.7. The number of rotatable bonds is 6. The van der Waals surface area contributed by atoms with E-state index in [4.69, 9.17) is 0 Å². The normalized spacial score (nSPS) is 18.4. The van der Waals surface area contributed by atoms with Crippen LogP contribution in [0.4, 0.5) is 0 Å². The topological polar surface area (TPSA) is 111 Å². The van der Waals surface area contributed by atoms with Crippen LogP contribution in [0.15, 0.2) is 34.0 Å². The van der Waals surface area contributed by atoms with Gasteiger partial charge in [0.2, 0.25) is 10.0 Å². The van der Waals surface area contributed by atoms with Crippen molar-refractivity contribution in [1.29, 1.82) is 0 Å². The van der Waals surface area contributed by atoms with E-state index in [2.05, 4.69) is 14.5 Å². The smallest absolute Gasteiger partial charge is 0.323 e. The Balaban J connectivity index is 1.25. The number of sulfonamides is 1. The van der Waals surface area contributed by atoms with Crippen LogP contribution in [0.25, 0.3) is 11.0 Å². The molecule has 1 aliphatic heterocycles. The first-order chi connectivity index (χ1) is 15.2. The molecule has 10 heteroatoms. The van der Waals surface area contributed by atoms with Crippen LogP contribution in [0.5, 0.6) is 0 Å². The van der Waals surface area contributed by atoms with E-state index < -0.39 is 10.0 Å². The molecule has 1 aromatic carbocycles. The lowest BCUT2D eigenvalue weighted by atomic mass is 10.1. The number of benzene rings is 1. The van der Waals surface area contributed by atoms with Gasteiger partial charge in [-0.05, 0) is 51.0 Å². The van der Waals surface area contributed by atoms with Gasteiger partial charge < -0.3 is 14.5 Å². The van der Waals surface area contributed by atoms with E-state index in [1.54, 1.807) is 6.07 Å². The van der Waals surface area contributed by atoms with Crippen LogP contribution in [0.3, 0.4) is 0 Å². The second kappa shape index (κ2) is 7.72. The Morgan fingerprint density at radius 1 is 1.03 bits per heavy atom. The Kier molecular flexibility index (Phi) is 5.11. The van der Waals surface area contributed by atoms with Crippen LogP contribution in [0, 0.1) is 13.8 Å². The van der Waals surface area contributed by atoms with Crippen LogP contribution in [0.1, 0.15) is 40.6 Å². The Hall–Kier alpha value is -2.69. The first-order valence-electron chi connectivity index (χ1n) is 10.9. The molecule has 0 spiro atoms. The SMILES string of the molecule is Cc1cc(C(=O)CN2CCN(S(=O)(=O)c3ccc4[nH]c(=O)[nH]c4c3)CC2)c(C)n1C1CC1. The van der Waals surface area contributed by atoms with Crippen molar-refractivity contribution in [3.05, 3.63) is 51.7 Å². The average molecular weight is 458 g/mol. The predicted molar refractivity (Wildman–Crippen MR) is 121 cm³/mol. The minimum Gasteiger partial charge on any atom is -0.345 e. The van der Waals surface area contributed by atoms with Crippen LogP contribution in [0.2, 0.25) is 0 Å². The van der Waals surface area contributed by atoms with Gasteiger partial charge in [0.1, 0.15) is 0 Å². The summed E-state index contributed by atoms with van der Waals surface area (Å²) in [5.41, 5.74) is 3.60. The molecule has 5 rings (SSSR count). The third kappa shape index (κ3) is 3.72. The van der Waals surface area contributed by atoms with Gasteiger partial charge in [-0.3, -0.25) is 9.69 Å². The molecule has 9 nitrogen and oxygen atoms in total. The molecular weight excluding hydrogens is 430 g/mol. The first kappa shape index (κ1) is 21.2. The molecule has 2 N–H and O–H groups in total. The second-order valence-electron chi connectivity index (χ2n) is 8.78. The van der Waals surface area contributed by atoms with Crippen molar-refractivity contribution in [3.63, 3.8) is 0 Å². The molecule has 1 saturated heterocycles. The van der Waals surface area contributed by atoms with Crippen molar-refractivity contribution in [1.82, 2.24) is 23.7 Å². The Bertz CT molecular complexity index is 1350. The summed E-state index contributed by atoms with van der Waals surface area (Å²) in [6.07, 6.45) is 2.35. The number of fused-ring (bicyclic) bond motifs is 1. The van der Waals surface area contributed by atoms with E-state index in [-0.39, 0.29) is 16.4 Å². The van der Waals surface area contributed by atoms with Crippen LogP contribution >= 0.6 is 0 Å². The van der Waals surface area contributed by atoms with Crippen LogP contribution in [-0.2, 0) is 10.0 Å². The molecule has 2 fully saturated rings. The van der Waals surface area contributed by atoms with Gasteiger partial charge in [-0.1, -0.05) is 0 Å². The van der Waals surface area contributed by atoms with Crippen molar-refractivity contribution in [3.8, 4) is 0 Å². The summed E-state index contributed by atoms with van der Waals surface area (Å²) >= 11 is 0. The maximum atomic E-state index is 13.1. The molecule has 32 heavy (non-hydrogen) atoms. The number of ketones is 1. The maximum absolute atomic E-state index is 13.1. The highest BCUT2D eigenvalue weighted by atomic mass is 32.2. The fraction of sp³-hybridized carbons (Fsp3) is 0.455. The maximum Gasteiger partial charge on any atom is 0.323 e. The van der Waals surface area contributed by atoms with Crippen molar-refractivity contribution in [2.75, 3.05) is 32.7 Å². The fourth-order valence-corrected chi connectivity index (χ4v) is 6.14.